The fourth-order valence-electron chi connectivity index (χ4n) is 1.96. The van der Waals surface area contributed by atoms with Crippen LogP contribution in [0.4, 0.5) is 0 Å². The molecule has 106 valence electrons. The SMILES string of the molecule is CCn1nc(C)cc1COc1c(Cl)cccc1C(=O)O. The number of hydrogen-bond acceptors (Lipinski definition) is 3. The Morgan fingerprint density at radius 3 is 2.90 bits per heavy atom. The predicted molar refractivity (Wildman–Crippen MR) is 75.4 cm³/mol. The van der Waals surface area contributed by atoms with Crippen molar-refractivity contribution >= 4 is 17.6 Å². The van der Waals surface area contributed by atoms with Crippen molar-refractivity contribution in [3.63, 3.8) is 0 Å². The Kier molecular flexibility index (Phi) is 4.29. The second-order valence-electron chi connectivity index (χ2n) is 4.30. The van der Waals surface area contributed by atoms with Gasteiger partial charge < -0.3 is 9.84 Å². The van der Waals surface area contributed by atoms with Gasteiger partial charge in [-0.3, -0.25) is 4.68 Å². The molecule has 20 heavy (non-hydrogen) atoms. The predicted octanol–water partition coefficient (Wildman–Crippen LogP) is 3.14. The summed E-state index contributed by atoms with van der Waals surface area (Å²) in [6.07, 6.45) is 0. The van der Waals surface area contributed by atoms with Gasteiger partial charge in [-0.2, -0.15) is 5.10 Å². The highest BCUT2D eigenvalue weighted by Gasteiger charge is 2.15. The van der Waals surface area contributed by atoms with Crippen molar-refractivity contribution in [3.8, 4) is 5.75 Å². The Hall–Kier alpha value is -2.01. The largest absolute Gasteiger partial charge is 0.485 e. The molecule has 0 atom stereocenters. The van der Waals surface area contributed by atoms with Gasteiger partial charge in [-0.05, 0) is 32.0 Å². The molecule has 0 radical (unpaired) electrons. The van der Waals surface area contributed by atoms with E-state index in [1.165, 1.54) is 6.07 Å². The molecule has 1 aromatic heterocycles. The molecule has 0 saturated carbocycles. The molecule has 0 fully saturated rings. The molecule has 6 heteroatoms. The van der Waals surface area contributed by atoms with Crippen molar-refractivity contribution in [2.24, 2.45) is 0 Å². The highest BCUT2D eigenvalue weighted by molar-refractivity contribution is 6.32. The highest BCUT2D eigenvalue weighted by Crippen LogP contribution is 2.29. The average molecular weight is 295 g/mol. The van der Waals surface area contributed by atoms with Gasteiger partial charge in [0.05, 0.1) is 16.4 Å². The van der Waals surface area contributed by atoms with Crippen molar-refractivity contribution in [3.05, 3.63) is 46.2 Å². The molecule has 2 rings (SSSR count). The number of halogens is 1. The van der Waals surface area contributed by atoms with E-state index in [0.717, 1.165) is 17.9 Å². The third kappa shape index (κ3) is 2.93. The first-order chi connectivity index (χ1) is 9.52. The normalized spacial score (nSPS) is 10.6. The Morgan fingerprint density at radius 1 is 1.50 bits per heavy atom. The van der Waals surface area contributed by atoms with Crippen LogP contribution in [0, 0.1) is 6.92 Å². The van der Waals surface area contributed by atoms with Crippen LogP contribution in [0.2, 0.25) is 5.02 Å². The Balaban J connectivity index is 2.24. The fourth-order valence-corrected chi connectivity index (χ4v) is 2.19. The number of rotatable bonds is 5. The molecule has 1 heterocycles. The van der Waals surface area contributed by atoms with Crippen LogP contribution in [0.3, 0.4) is 0 Å². The lowest BCUT2D eigenvalue weighted by atomic mass is 10.2. The van der Waals surface area contributed by atoms with Gasteiger partial charge in [-0.25, -0.2) is 4.79 Å². The standard InChI is InChI=1S/C14H15ClN2O3/c1-3-17-10(7-9(2)16-17)8-20-13-11(14(18)19)5-4-6-12(13)15/h4-7H,3,8H2,1-2H3,(H,18,19). The summed E-state index contributed by atoms with van der Waals surface area (Å²) >= 11 is 6.01. The second kappa shape index (κ2) is 5.96. The van der Waals surface area contributed by atoms with Crippen LogP contribution in [0.1, 0.15) is 28.7 Å². The minimum Gasteiger partial charge on any atom is -0.485 e. The average Bonchev–Trinajstić information content (AvgIpc) is 2.77. The zero-order valence-corrected chi connectivity index (χ0v) is 12.0. The first kappa shape index (κ1) is 14.4. The van der Waals surface area contributed by atoms with Crippen LogP contribution < -0.4 is 4.74 Å². The molecular weight excluding hydrogens is 280 g/mol. The molecule has 0 saturated heterocycles. The number of aromatic carboxylic acids is 1. The Bertz CT molecular complexity index is 637. The van der Waals surface area contributed by atoms with Crippen molar-refractivity contribution in [1.29, 1.82) is 0 Å². The molecule has 0 amide bonds. The van der Waals surface area contributed by atoms with Gasteiger partial charge in [0.2, 0.25) is 0 Å². The number of hydrogen-bond donors (Lipinski definition) is 1. The first-order valence-electron chi connectivity index (χ1n) is 6.20. The summed E-state index contributed by atoms with van der Waals surface area (Å²) in [5, 5.41) is 13.7. The number of para-hydroxylation sites is 1. The third-order valence-corrected chi connectivity index (χ3v) is 3.14. The molecule has 0 unspecified atom stereocenters. The topological polar surface area (TPSA) is 64.4 Å². The third-order valence-electron chi connectivity index (χ3n) is 2.85. The van der Waals surface area contributed by atoms with Gasteiger partial charge in [0.1, 0.15) is 12.2 Å². The molecule has 0 aliphatic rings. The van der Waals surface area contributed by atoms with Gasteiger partial charge in [-0.1, -0.05) is 17.7 Å². The zero-order valence-electron chi connectivity index (χ0n) is 11.3. The Labute approximate surface area is 121 Å². The number of aryl methyl sites for hydroxylation is 2. The highest BCUT2D eigenvalue weighted by atomic mass is 35.5. The zero-order chi connectivity index (χ0) is 14.7. The van der Waals surface area contributed by atoms with Crippen LogP contribution in [-0.2, 0) is 13.2 Å². The van der Waals surface area contributed by atoms with E-state index in [-0.39, 0.29) is 22.9 Å². The lowest BCUT2D eigenvalue weighted by Crippen LogP contribution is -2.08. The van der Waals surface area contributed by atoms with Gasteiger partial charge in [0, 0.05) is 6.54 Å². The second-order valence-corrected chi connectivity index (χ2v) is 4.71. The van der Waals surface area contributed by atoms with E-state index in [4.69, 9.17) is 21.4 Å². The van der Waals surface area contributed by atoms with Gasteiger partial charge in [0.15, 0.2) is 5.75 Å². The van der Waals surface area contributed by atoms with Crippen molar-refractivity contribution in [2.45, 2.75) is 27.0 Å². The van der Waals surface area contributed by atoms with Gasteiger partial charge in [0.25, 0.3) is 0 Å². The number of nitrogens with zero attached hydrogens (tertiary/aromatic N) is 2. The van der Waals surface area contributed by atoms with E-state index in [1.807, 2.05) is 24.6 Å². The summed E-state index contributed by atoms with van der Waals surface area (Å²) in [7, 11) is 0. The van der Waals surface area contributed by atoms with E-state index in [2.05, 4.69) is 5.10 Å². The van der Waals surface area contributed by atoms with Crippen LogP contribution in [0.25, 0.3) is 0 Å². The van der Waals surface area contributed by atoms with Crippen LogP contribution in [0.15, 0.2) is 24.3 Å². The molecule has 2 aromatic rings. The molecule has 0 aliphatic heterocycles. The summed E-state index contributed by atoms with van der Waals surface area (Å²) in [6.45, 7) is 4.82. The van der Waals surface area contributed by atoms with E-state index < -0.39 is 5.97 Å². The fraction of sp³-hybridized carbons (Fsp3) is 0.286. The van der Waals surface area contributed by atoms with E-state index >= 15 is 0 Å². The van der Waals surface area contributed by atoms with E-state index in [1.54, 1.807) is 12.1 Å². The number of benzene rings is 1. The summed E-state index contributed by atoms with van der Waals surface area (Å²) in [6, 6.07) is 6.55. The maximum absolute atomic E-state index is 11.2. The quantitative estimate of drug-likeness (QED) is 0.920. The molecular formula is C14H15ClN2O3. The molecule has 1 aromatic carbocycles. The molecule has 0 spiro atoms. The summed E-state index contributed by atoms with van der Waals surface area (Å²) in [4.78, 5) is 11.2. The van der Waals surface area contributed by atoms with Crippen molar-refractivity contribution in [2.75, 3.05) is 0 Å². The molecule has 1 N–H and O–H groups in total. The minimum atomic E-state index is -1.07. The monoisotopic (exact) mass is 294 g/mol. The maximum Gasteiger partial charge on any atom is 0.339 e. The first-order valence-corrected chi connectivity index (χ1v) is 6.58. The molecule has 0 bridgehead atoms. The lowest BCUT2D eigenvalue weighted by Gasteiger charge is -2.11. The van der Waals surface area contributed by atoms with Crippen LogP contribution in [-0.4, -0.2) is 20.9 Å². The Morgan fingerprint density at radius 2 is 2.25 bits per heavy atom. The number of carboxylic acids is 1. The number of carbonyl (C=O) groups is 1. The summed E-state index contributed by atoms with van der Waals surface area (Å²) in [5.41, 5.74) is 1.82. The maximum atomic E-state index is 11.2. The van der Waals surface area contributed by atoms with Crippen molar-refractivity contribution < 1.29 is 14.6 Å². The van der Waals surface area contributed by atoms with E-state index in [9.17, 15) is 4.79 Å². The molecule has 0 aliphatic carbocycles. The van der Waals surface area contributed by atoms with Gasteiger partial charge >= 0.3 is 5.97 Å². The number of ether oxygens (including phenoxy) is 1. The minimum absolute atomic E-state index is 0.0526. The van der Waals surface area contributed by atoms with Crippen LogP contribution in [0.5, 0.6) is 5.75 Å². The van der Waals surface area contributed by atoms with Crippen LogP contribution >= 0.6 is 11.6 Å². The van der Waals surface area contributed by atoms with Gasteiger partial charge in [-0.15, -0.1) is 0 Å². The lowest BCUT2D eigenvalue weighted by molar-refractivity contribution is 0.0691. The summed E-state index contributed by atoms with van der Waals surface area (Å²) in [5.74, 6) is -0.883. The van der Waals surface area contributed by atoms with Crippen molar-refractivity contribution in [1.82, 2.24) is 9.78 Å². The molecule has 5 nitrogen and oxygen atoms in total. The number of aromatic nitrogens is 2. The summed E-state index contributed by atoms with van der Waals surface area (Å²) < 4.78 is 7.41. The smallest absolute Gasteiger partial charge is 0.339 e. The number of carboxylic acid groups (broad SMARTS) is 1. The van der Waals surface area contributed by atoms with E-state index in [0.29, 0.717) is 0 Å².